The number of aliphatic imine (C=N–C) groups is 1. The van der Waals surface area contributed by atoms with Crippen LogP contribution < -0.4 is 5.73 Å². The van der Waals surface area contributed by atoms with E-state index in [1.54, 1.807) is 18.2 Å². The van der Waals surface area contributed by atoms with E-state index in [1.807, 2.05) is 13.0 Å². The first kappa shape index (κ1) is 21.7. The number of nitrogens with zero attached hydrogens (tertiary/aromatic N) is 1. The van der Waals surface area contributed by atoms with Crippen LogP contribution in [0.2, 0.25) is 5.02 Å². The van der Waals surface area contributed by atoms with Gasteiger partial charge in [0.25, 0.3) is 6.47 Å². The Kier molecular flexibility index (Phi) is 6.69. The highest BCUT2D eigenvalue weighted by molar-refractivity contribution is 6.31. The maximum absolute atomic E-state index is 13.0. The van der Waals surface area contributed by atoms with Gasteiger partial charge < -0.3 is 15.6 Å². The molecule has 0 fully saturated rings. The number of benzene rings is 2. The zero-order valence-electron chi connectivity index (χ0n) is 14.8. The first-order valence-electron chi connectivity index (χ1n) is 8.07. The minimum absolute atomic E-state index is 0.0321. The number of carboxylic acid groups (broad SMARTS) is 1. The van der Waals surface area contributed by atoms with Gasteiger partial charge in [0.05, 0.1) is 12.2 Å². The number of amidine groups is 1. The van der Waals surface area contributed by atoms with Gasteiger partial charge in [-0.25, -0.2) is 0 Å². The Hall–Kier alpha value is -2.58. The van der Waals surface area contributed by atoms with Gasteiger partial charge in [0.15, 0.2) is 0 Å². The third-order valence-corrected chi connectivity index (χ3v) is 4.28. The zero-order valence-corrected chi connectivity index (χ0v) is 15.6. The number of carbonyl (C=O) groups is 1. The molecule has 28 heavy (non-hydrogen) atoms. The minimum atomic E-state index is -4.46. The van der Waals surface area contributed by atoms with E-state index in [2.05, 4.69) is 4.99 Å². The zero-order chi connectivity index (χ0) is 20.9. The summed E-state index contributed by atoms with van der Waals surface area (Å²) in [5, 5.41) is 6.92. The summed E-state index contributed by atoms with van der Waals surface area (Å²) in [6, 6.07) is 10.6. The quantitative estimate of drug-likeness (QED) is 0.716. The molecule has 0 aromatic heterocycles. The highest BCUT2D eigenvalue weighted by atomic mass is 35.5. The summed E-state index contributed by atoms with van der Waals surface area (Å²) in [6.45, 7) is 2.25. The van der Waals surface area contributed by atoms with Crippen molar-refractivity contribution in [2.75, 3.05) is 13.2 Å². The van der Waals surface area contributed by atoms with Crippen LogP contribution in [0.1, 0.15) is 18.1 Å². The minimum Gasteiger partial charge on any atom is -0.483 e. The smallest absolute Gasteiger partial charge is 0.416 e. The van der Waals surface area contributed by atoms with Crippen molar-refractivity contribution in [1.29, 1.82) is 0 Å². The molecule has 0 saturated carbocycles. The number of hydrogen-bond donors (Lipinski definition) is 2. The first-order valence-corrected chi connectivity index (χ1v) is 8.45. The fourth-order valence-corrected chi connectivity index (χ4v) is 3.07. The molecule has 0 spiro atoms. The summed E-state index contributed by atoms with van der Waals surface area (Å²) < 4.78 is 44.5. The molecule has 1 aliphatic rings. The fourth-order valence-electron chi connectivity index (χ4n) is 2.84. The molecule has 0 aliphatic carbocycles. The van der Waals surface area contributed by atoms with Gasteiger partial charge in [0, 0.05) is 5.02 Å². The molecule has 2 aromatic rings. The second-order valence-corrected chi connectivity index (χ2v) is 6.72. The molecule has 0 amide bonds. The van der Waals surface area contributed by atoms with E-state index in [1.165, 1.54) is 6.07 Å². The van der Waals surface area contributed by atoms with E-state index in [0.29, 0.717) is 23.6 Å². The van der Waals surface area contributed by atoms with Crippen molar-refractivity contribution in [3.8, 4) is 11.1 Å². The van der Waals surface area contributed by atoms with Gasteiger partial charge in [-0.1, -0.05) is 29.8 Å². The van der Waals surface area contributed by atoms with Crippen molar-refractivity contribution in [2.45, 2.75) is 18.6 Å². The monoisotopic (exact) mass is 414 g/mol. The number of halogens is 4. The van der Waals surface area contributed by atoms with E-state index in [4.69, 9.17) is 32.0 Å². The van der Waals surface area contributed by atoms with Crippen LogP contribution in [0, 0.1) is 0 Å². The van der Waals surface area contributed by atoms with Crippen LogP contribution in [0.25, 0.3) is 11.1 Å². The van der Waals surface area contributed by atoms with Gasteiger partial charge in [0.1, 0.15) is 18.0 Å². The summed E-state index contributed by atoms with van der Waals surface area (Å²) in [4.78, 5) is 12.8. The molecule has 3 N–H and O–H groups in total. The van der Waals surface area contributed by atoms with Crippen molar-refractivity contribution in [3.63, 3.8) is 0 Å². The van der Waals surface area contributed by atoms with Gasteiger partial charge in [-0.3, -0.25) is 9.79 Å². The lowest BCUT2D eigenvalue weighted by atomic mass is 9.90. The van der Waals surface area contributed by atoms with Crippen LogP contribution in [-0.4, -0.2) is 30.6 Å². The second kappa shape index (κ2) is 8.62. The lowest BCUT2D eigenvalue weighted by Gasteiger charge is -2.30. The molecule has 1 unspecified atom stereocenters. The van der Waals surface area contributed by atoms with Crippen LogP contribution in [0.4, 0.5) is 13.2 Å². The molecule has 5 nitrogen and oxygen atoms in total. The molecule has 1 aliphatic heterocycles. The molecule has 3 rings (SSSR count). The van der Waals surface area contributed by atoms with Crippen molar-refractivity contribution >= 4 is 23.9 Å². The summed E-state index contributed by atoms with van der Waals surface area (Å²) in [7, 11) is 0. The summed E-state index contributed by atoms with van der Waals surface area (Å²) in [5.41, 5.74) is 6.12. The van der Waals surface area contributed by atoms with E-state index in [9.17, 15) is 13.2 Å². The highest BCUT2D eigenvalue weighted by Gasteiger charge is 2.32. The summed E-state index contributed by atoms with van der Waals surface area (Å²) >= 11 is 5.88. The first-order chi connectivity index (χ1) is 13.1. The van der Waals surface area contributed by atoms with Crippen LogP contribution >= 0.6 is 11.6 Å². The molecule has 2 aromatic carbocycles. The Bertz CT molecular complexity index is 887. The van der Waals surface area contributed by atoms with Crippen molar-refractivity contribution in [3.05, 3.63) is 58.6 Å². The molecule has 150 valence electrons. The Morgan fingerprint density at radius 3 is 2.54 bits per heavy atom. The van der Waals surface area contributed by atoms with Gasteiger partial charge in [-0.2, -0.15) is 13.2 Å². The Balaban J connectivity index is 0.000000878. The SMILES string of the molecule is CC1(c2cccc(-c3cc(Cl)cc(C(F)(F)F)c3)c2)COCC(N)=N1.O=CO. The van der Waals surface area contributed by atoms with Gasteiger partial charge in [0.2, 0.25) is 0 Å². The third-order valence-electron chi connectivity index (χ3n) is 4.07. The standard InChI is InChI=1S/C18H16ClF3N2O.CH2O2/c1-17(10-25-9-16(23)24-17)13-4-2-3-11(5-13)12-6-14(18(20,21)22)8-15(19)7-12;2-1-3/h2-8H,9-10H2,1H3,(H2,23,24);1H,(H,2,3). The van der Waals surface area contributed by atoms with Crippen molar-refractivity contribution in [1.82, 2.24) is 0 Å². The lowest BCUT2D eigenvalue weighted by molar-refractivity contribution is -0.137. The van der Waals surface area contributed by atoms with Crippen LogP contribution in [0.3, 0.4) is 0 Å². The van der Waals surface area contributed by atoms with Crippen LogP contribution in [0.5, 0.6) is 0 Å². The Morgan fingerprint density at radius 1 is 1.25 bits per heavy atom. The predicted octanol–water partition coefficient (Wildman–Crippen LogP) is 4.33. The maximum atomic E-state index is 13.0. The fraction of sp³-hybridized carbons (Fsp3) is 0.263. The average molecular weight is 415 g/mol. The number of hydrogen-bond acceptors (Lipinski definition) is 4. The van der Waals surface area contributed by atoms with Crippen LogP contribution in [0.15, 0.2) is 47.5 Å². The normalized spacial score (nSPS) is 19.2. The number of ether oxygens (including phenoxy) is 1. The predicted molar refractivity (Wildman–Crippen MR) is 100 cm³/mol. The van der Waals surface area contributed by atoms with E-state index < -0.39 is 17.3 Å². The number of rotatable bonds is 2. The number of nitrogens with two attached hydrogens (primary N) is 1. The molecular weight excluding hydrogens is 397 g/mol. The molecule has 0 saturated heterocycles. The highest BCUT2D eigenvalue weighted by Crippen LogP contribution is 2.36. The maximum Gasteiger partial charge on any atom is 0.416 e. The van der Waals surface area contributed by atoms with E-state index in [0.717, 1.165) is 17.7 Å². The molecule has 1 atom stereocenters. The average Bonchev–Trinajstić information content (AvgIpc) is 2.61. The van der Waals surface area contributed by atoms with Crippen molar-refractivity contribution < 1.29 is 27.8 Å². The topological polar surface area (TPSA) is 84.9 Å². The van der Waals surface area contributed by atoms with Gasteiger partial charge in [-0.05, 0) is 47.9 Å². The van der Waals surface area contributed by atoms with E-state index in [-0.39, 0.29) is 18.1 Å². The number of alkyl halides is 3. The largest absolute Gasteiger partial charge is 0.483 e. The molecule has 9 heteroatoms. The Morgan fingerprint density at radius 2 is 1.93 bits per heavy atom. The Labute approximate surface area is 164 Å². The third kappa shape index (κ3) is 5.24. The lowest BCUT2D eigenvalue weighted by Crippen LogP contribution is -2.37. The molecule has 0 bridgehead atoms. The molecule has 1 heterocycles. The van der Waals surface area contributed by atoms with Crippen LogP contribution in [-0.2, 0) is 21.2 Å². The molecular formula is C19H18ClF3N2O3. The van der Waals surface area contributed by atoms with E-state index >= 15 is 0 Å². The van der Waals surface area contributed by atoms with Crippen molar-refractivity contribution in [2.24, 2.45) is 10.7 Å². The molecule has 0 radical (unpaired) electrons. The van der Waals surface area contributed by atoms with Gasteiger partial charge >= 0.3 is 6.18 Å². The second-order valence-electron chi connectivity index (χ2n) is 6.28. The summed E-state index contributed by atoms with van der Waals surface area (Å²) in [6.07, 6.45) is -4.46. The summed E-state index contributed by atoms with van der Waals surface area (Å²) in [5.74, 6) is 0.390. The van der Waals surface area contributed by atoms with Gasteiger partial charge in [-0.15, -0.1) is 0 Å².